The third kappa shape index (κ3) is 3.62. The number of carbonyl (C=O) groups excluding carboxylic acids is 1. The van der Waals surface area contributed by atoms with Gasteiger partial charge in [0.05, 0.1) is 23.5 Å². The summed E-state index contributed by atoms with van der Waals surface area (Å²) in [6.45, 7) is 0.231. The first-order valence-corrected chi connectivity index (χ1v) is 8.40. The van der Waals surface area contributed by atoms with Gasteiger partial charge in [-0.2, -0.15) is 0 Å². The number of fused-ring (bicyclic) bond motifs is 1. The highest BCUT2D eigenvalue weighted by molar-refractivity contribution is 5.78. The molecular formula is C20H16N4O3. The Hall–Kier alpha value is -3.74. The van der Waals surface area contributed by atoms with Crippen molar-refractivity contribution in [2.24, 2.45) is 0 Å². The van der Waals surface area contributed by atoms with Gasteiger partial charge in [0.25, 0.3) is 5.56 Å². The van der Waals surface area contributed by atoms with Crippen LogP contribution >= 0.6 is 0 Å². The minimum atomic E-state index is -0.274. The Bertz CT molecular complexity index is 1130. The molecule has 1 N–H and O–H groups in total. The van der Waals surface area contributed by atoms with E-state index in [1.807, 2.05) is 24.3 Å². The van der Waals surface area contributed by atoms with Gasteiger partial charge in [0.15, 0.2) is 5.76 Å². The highest BCUT2D eigenvalue weighted by atomic mass is 16.3. The molecule has 0 saturated carbocycles. The molecule has 0 fully saturated rings. The van der Waals surface area contributed by atoms with Crippen LogP contribution < -0.4 is 10.9 Å². The van der Waals surface area contributed by atoms with Gasteiger partial charge in [0.2, 0.25) is 5.91 Å². The normalized spacial score (nSPS) is 10.8. The number of nitrogens with zero attached hydrogens (tertiary/aromatic N) is 3. The van der Waals surface area contributed by atoms with Gasteiger partial charge in [-0.15, -0.1) is 0 Å². The third-order valence-electron chi connectivity index (χ3n) is 4.13. The number of nitrogens with one attached hydrogen (secondary N) is 1. The third-order valence-corrected chi connectivity index (χ3v) is 4.13. The second-order valence-corrected chi connectivity index (χ2v) is 6.00. The van der Waals surface area contributed by atoms with E-state index in [-0.39, 0.29) is 18.0 Å². The average molecular weight is 360 g/mol. The number of benzene rings is 1. The number of carbonyl (C=O) groups is 1. The van der Waals surface area contributed by atoms with Crippen molar-refractivity contribution in [1.82, 2.24) is 19.9 Å². The number of rotatable bonds is 5. The number of para-hydroxylation sites is 1. The zero-order valence-corrected chi connectivity index (χ0v) is 14.3. The Morgan fingerprint density at radius 1 is 1.07 bits per heavy atom. The van der Waals surface area contributed by atoms with Gasteiger partial charge >= 0.3 is 0 Å². The molecule has 0 atom stereocenters. The molecule has 27 heavy (non-hydrogen) atoms. The molecule has 1 aromatic carbocycles. The smallest absolute Gasteiger partial charge is 0.261 e. The Labute approximate surface area is 154 Å². The zero-order chi connectivity index (χ0) is 18.6. The number of amides is 1. The molecular weight excluding hydrogens is 344 g/mol. The minimum absolute atomic E-state index is 0.0887. The van der Waals surface area contributed by atoms with Gasteiger partial charge in [-0.1, -0.05) is 18.2 Å². The van der Waals surface area contributed by atoms with Crippen LogP contribution in [0.3, 0.4) is 0 Å². The average Bonchev–Trinajstić information content (AvgIpc) is 3.24. The van der Waals surface area contributed by atoms with Crippen molar-refractivity contribution >= 4 is 16.8 Å². The topological polar surface area (TPSA) is 90.0 Å². The van der Waals surface area contributed by atoms with Crippen molar-refractivity contribution in [3.63, 3.8) is 0 Å². The number of pyridine rings is 1. The Morgan fingerprint density at radius 2 is 1.96 bits per heavy atom. The van der Waals surface area contributed by atoms with E-state index >= 15 is 0 Å². The van der Waals surface area contributed by atoms with Crippen molar-refractivity contribution in [2.45, 2.75) is 13.1 Å². The van der Waals surface area contributed by atoms with E-state index in [0.29, 0.717) is 23.2 Å². The molecule has 3 aromatic heterocycles. The predicted octanol–water partition coefficient (Wildman–Crippen LogP) is 2.37. The van der Waals surface area contributed by atoms with Crippen molar-refractivity contribution in [3.8, 4) is 11.5 Å². The summed E-state index contributed by atoms with van der Waals surface area (Å²) in [5, 5.41) is 3.28. The molecule has 0 saturated heterocycles. The molecule has 0 aliphatic rings. The quantitative estimate of drug-likeness (QED) is 0.590. The Balaban J connectivity index is 1.40. The van der Waals surface area contributed by atoms with Crippen molar-refractivity contribution in [3.05, 3.63) is 83.2 Å². The van der Waals surface area contributed by atoms with Crippen LogP contribution in [0.4, 0.5) is 0 Å². The van der Waals surface area contributed by atoms with E-state index in [9.17, 15) is 9.59 Å². The summed E-state index contributed by atoms with van der Waals surface area (Å²) in [6.07, 6.45) is 4.67. The van der Waals surface area contributed by atoms with Crippen molar-refractivity contribution in [1.29, 1.82) is 0 Å². The summed E-state index contributed by atoms with van der Waals surface area (Å²) in [4.78, 5) is 33.1. The van der Waals surface area contributed by atoms with Crippen LogP contribution in [0.2, 0.25) is 0 Å². The van der Waals surface area contributed by atoms with E-state index in [4.69, 9.17) is 4.42 Å². The fourth-order valence-corrected chi connectivity index (χ4v) is 2.73. The molecule has 0 bridgehead atoms. The lowest BCUT2D eigenvalue weighted by Crippen LogP contribution is -2.32. The van der Waals surface area contributed by atoms with E-state index in [2.05, 4.69) is 15.3 Å². The van der Waals surface area contributed by atoms with Crippen LogP contribution in [0.5, 0.6) is 0 Å². The van der Waals surface area contributed by atoms with Crippen LogP contribution in [-0.2, 0) is 17.9 Å². The van der Waals surface area contributed by atoms with Crippen molar-refractivity contribution < 1.29 is 9.21 Å². The summed E-state index contributed by atoms with van der Waals surface area (Å²) in [7, 11) is 0. The second-order valence-electron chi connectivity index (χ2n) is 6.00. The SMILES string of the molecule is O=C(Cn1cnc2ccccc2c1=O)NCc1ccc(-c2ccco2)nc1. The first kappa shape index (κ1) is 16.7. The summed E-state index contributed by atoms with van der Waals surface area (Å²) >= 11 is 0. The zero-order valence-electron chi connectivity index (χ0n) is 14.3. The van der Waals surface area contributed by atoms with Gasteiger partial charge in [-0.3, -0.25) is 19.1 Å². The number of furan rings is 1. The summed E-state index contributed by atoms with van der Waals surface area (Å²) in [6, 6.07) is 14.4. The molecule has 0 unspecified atom stereocenters. The maximum Gasteiger partial charge on any atom is 0.261 e. The highest BCUT2D eigenvalue weighted by Gasteiger charge is 2.08. The fourth-order valence-electron chi connectivity index (χ4n) is 2.73. The standard InChI is InChI=1S/C20H16N4O3/c25-19(12-24-13-23-16-5-2-1-4-15(16)20(24)26)22-11-14-7-8-17(21-10-14)18-6-3-9-27-18/h1-10,13H,11-12H2,(H,22,25). The molecule has 134 valence electrons. The highest BCUT2D eigenvalue weighted by Crippen LogP contribution is 2.17. The molecule has 3 heterocycles. The largest absolute Gasteiger partial charge is 0.463 e. The molecule has 4 aromatic rings. The molecule has 0 spiro atoms. The van der Waals surface area contributed by atoms with Crippen LogP contribution in [0.1, 0.15) is 5.56 Å². The lowest BCUT2D eigenvalue weighted by molar-refractivity contribution is -0.121. The lowest BCUT2D eigenvalue weighted by Gasteiger charge is -2.08. The summed E-state index contributed by atoms with van der Waals surface area (Å²) < 4.78 is 6.60. The first-order chi connectivity index (χ1) is 13.2. The van der Waals surface area contributed by atoms with Crippen LogP contribution in [0.25, 0.3) is 22.4 Å². The first-order valence-electron chi connectivity index (χ1n) is 8.40. The summed E-state index contributed by atoms with van der Waals surface area (Å²) in [5.41, 5.74) is 1.95. The summed E-state index contributed by atoms with van der Waals surface area (Å²) in [5.74, 6) is 0.415. The number of hydrogen-bond acceptors (Lipinski definition) is 5. The molecule has 7 heteroatoms. The number of aromatic nitrogens is 3. The second kappa shape index (κ2) is 7.25. The lowest BCUT2D eigenvalue weighted by atomic mass is 10.2. The van der Waals surface area contributed by atoms with E-state index in [1.54, 1.807) is 36.7 Å². The predicted molar refractivity (Wildman–Crippen MR) is 99.8 cm³/mol. The van der Waals surface area contributed by atoms with Gasteiger partial charge in [0, 0.05) is 12.7 Å². The maximum atomic E-state index is 12.4. The van der Waals surface area contributed by atoms with Crippen molar-refractivity contribution in [2.75, 3.05) is 0 Å². The minimum Gasteiger partial charge on any atom is -0.463 e. The van der Waals surface area contributed by atoms with Crippen LogP contribution in [-0.4, -0.2) is 20.4 Å². The van der Waals surface area contributed by atoms with Gasteiger partial charge < -0.3 is 9.73 Å². The Morgan fingerprint density at radius 3 is 2.74 bits per heavy atom. The molecule has 1 amide bonds. The Kier molecular flexibility index (Phi) is 4.49. The number of hydrogen-bond donors (Lipinski definition) is 1. The van der Waals surface area contributed by atoms with Gasteiger partial charge in [0.1, 0.15) is 12.2 Å². The van der Waals surface area contributed by atoms with Gasteiger partial charge in [-0.05, 0) is 35.9 Å². The van der Waals surface area contributed by atoms with Gasteiger partial charge in [-0.25, -0.2) is 4.98 Å². The molecule has 0 radical (unpaired) electrons. The maximum absolute atomic E-state index is 12.4. The van der Waals surface area contributed by atoms with Crippen LogP contribution in [0, 0.1) is 0 Å². The molecule has 7 nitrogen and oxygen atoms in total. The van der Waals surface area contributed by atoms with E-state index in [1.165, 1.54) is 10.9 Å². The van der Waals surface area contributed by atoms with Crippen LogP contribution in [0.15, 0.2) is 76.5 Å². The molecule has 4 rings (SSSR count). The van der Waals surface area contributed by atoms with E-state index in [0.717, 1.165) is 11.3 Å². The fraction of sp³-hybridized carbons (Fsp3) is 0.100. The monoisotopic (exact) mass is 360 g/mol. The molecule has 0 aliphatic carbocycles. The molecule has 0 aliphatic heterocycles. The van der Waals surface area contributed by atoms with E-state index < -0.39 is 0 Å².